The molecular weight excluding hydrogens is 892 g/mol. The van der Waals surface area contributed by atoms with E-state index in [-0.39, 0.29) is 71.3 Å². The lowest BCUT2D eigenvalue weighted by molar-refractivity contribution is -0.275. The topological polar surface area (TPSA) is 39.7 Å². The molecule has 4 nitrogen and oxygen atoms in total. The molecular formula is C46H25F13NO3P. The Bertz CT molecular complexity index is 2830. The van der Waals surface area contributed by atoms with Crippen LogP contribution in [0.25, 0.3) is 76.8 Å². The summed E-state index contributed by atoms with van der Waals surface area (Å²) in [6.45, 7) is 0. The van der Waals surface area contributed by atoms with E-state index in [1.54, 1.807) is 24.3 Å². The van der Waals surface area contributed by atoms with Crippen molar-refractivity contribution in [3.63, 3.8) is 0 Å². The van der Waals surface area contributed by atoms with E-state index in [9.17, 15) is 57.1 Å². The lowest BCUT2D eigenvalue weighted by Crippen LogP contribution is -2.20. The van der Waals surface area contributed by atoms with Crippen LogP contribution in [0.3, 0.4) is 0 Å². The molecule has 1 atom stereocenters. The van der Waals surface area contributed by atoms with Gasteiger partial charge in [0.15, 0.2) is 0 Å². The van der Waals surface area contributed by atoms with Crippen LogP contribution < -0.4 is 24.8 Å². The molecule has 0 bridgehead atoms. The molecule has 0 spiro atoms. The maximum absolute atomic E-state index is 14.7. The standard InChI is InChI=1S/C46H25F13NO3P/c47-27-9-1-23(2-10-27)39-35-21-30(62-45(54,55)56)15-19-33(35)37(24-3-11-28(12-4-24)60-43(48,49)50)41-40(26-7-17-32(64)18-8-26)36-22-31(63-46(57,58)59)16-20-34(36)38(42(39)41)25-5-13-29(14-6-25)61-44(51,52)53/h1-22,60H,64H2. The number of benzene rings is 8. The van der Waals surface area contributed by atoms with Gasteiger partial charge in [0.05, 0.1) is 0 Å². The fourth-order valence-corrected chi connectivity index (χ4v) is 7.94. The molecule has 8 aromatic carbocycles. The summed E-state index contributed by atoms with van der Waals surface area (Å²) in [5.74, 6) is -2.74. The van der Waals surface area contributed by atoms with E-state index in [1.165, 1.54) is 53.8 Å². The number of alkyl halides is 12. The molecule has 0 radical (unpaired) electrons. The zero-order valence-electron chi connectivity index (χ0n) is 31.9. The average Bonchev–Trinajstić information content (AvgIpc) is 3.18. The zero-order valence-corrected chi connectivity index (χ0v) is 33.1. The number of hydrogen-bond donors (Lipinski definition) is 1. The Morgan fingerprint density at radius 2 is 0.703 bits per heavy atom. The van der Waals surface area contributed by atoms with E-state index >= 15 is 0 Å². The summed E-state index contributed by atoms with van der Waals surface area (Å²) in [7, 11) is 2.49. The molecule has 0 saturated heterocycles. The van der Waals surface area contributed by atoms with E-state index in [1.807, 2.05) is 0 Å². The van der Waals surface area contributed by atoms with Gasteiger partial charge in [-0.3, -0.25) is 5.32 Å². The highest BCUT2D eigenvalue weighted by Crippen LogP contribution is 2.55. The van der Waals surface area contributed by atoms with Crippen LogP contribution in [0.1, 0.15) is 0 Å². The van der Waals surface area contributed by atoms with Gasteiger partial charge in [0.2, 0.25) is 0 Å². The molecule has 8 rings (SSSR count). The molecule has 18 heteroatoms. The van der Waals surface area contributed by atoms with Crippen molar-refractivity contribution in [2.75, 3.05) is 5.32 Å². The van der Waals surface area contributed by atoms with Crippen molar-refractivity contribution >= 4 is 52.5 Å². The first kappa shape index (κ1) is 43.9. The Morgan fingerprint density at radius 3 is 1.09 bits per heavy atom. The molecule has 0 aliphatic heterocycles. The van der Waals surface area contributed by atoms with Gasteiger partial charge in [0.25, 0.3) is 0 Å². The second-order valence-corrected chi connectivity index (χ2v) is 14.8. The third kappa shape index (κ3) is 9.44. The minimum Gasteiger partial charge on any atom is -0.406 e. The monoisotopic (exact) mass is 917 g/mol. The van der Waals surface area contributed by atoms with Crippen LogP contribution in [0, 0.1) is 5.82 Å². The van der Waals surface area contributed by atoms with Crippen molar-refractivity contribution in [2.45, 2.75) is 25.4 Å². The summed E-state index contributed by atoms with van der Waals surface area (Å²) in [4.78, 5) is 0. The van der Waals surface area contributed by atoms with Gasteiger partial charge in [-0.25, -0.2) is 4.39 Å². The van der Waals surface area contributed by atoms with Gasteiger partial charge in [-0.1, -0.05) is 72.8 Å². The number of ether oxygens (including phenoxy) is 3. The first-order valence-electron chi connectivity index (χ1n) is 18.5. The van der Waals surface area contributed by atoms with Gasteiger partial charge in [-0.2, -0.15) is 13.2 Å². The number of hydrogen-bond acceptors (Lipinski definition) is 4. The van der Waals surface area contributed by atoms with Crippen LogP contribution in [0.15, 0.2) is 133 Å². The molecule has 0 aliphatic rings. The van der Waals surface area contributed by atoms with Gasteiger partial charge in [-0.05, 0) is 143 Å². The fourth-order valence-electron chi connectivity index (χ4n) is 7.75. The van der Waals surface area contributed by atoms with E-state index in [4.69, 9.17) is 0 Å². The van der Waals surface area contributed by atoms with Crippen molar-refractivity contribution < 1.29 is 71.3 Å². The number of rotatable bonds is 8. The van der Waals surface area contributed by atoms with Gasteiger partial charge in [-0.15, -0.1) is 48.8 Å². The van der Waals surface area contributed by atoms with Crippen LogP contribution in [0.2, 0.25) is 0 Å². The van der Waals surface area contributed by atoms with Gasteiger partial charge in [0.1, 0.15) is 23.1 Å². The van der Waals surface area contributed by atoms with Crippen molar-refractivity contribution in [3.8, 4) is 61.8 Å². The Balaban J connectivity index is 1.67. The molecule has 0 amide bonds. The second kappa shape index (κ2) is 16.1. The molecule has 328 valence electrons. The van der Waals surface area contributed by atoms with Crippen molar-refractivity contribution in [1.29, 1.82) is 0 Å². The smallest absolute Gasteiger partial charge is 0.406 e. The van der Waals surface area contributed by atoms with Crippen LogP contribution in [0.5, 0.6) is 17.2 Å². The van der Waals surface area contributed by atoms with Gasteiger partial charge >= 0.3 is 25.4 Å². The Labute approximate surface area is 355 Å². The number of halogens is 13. The summed E-state index contributed by atoms with van der Waals surface area (Å²) < 4.78 is 191. The fraction of sp³-hybridized carbons (Fsp3) is 0.0870. The Hall–Kier alpha value is -6.74. The lowest BCUT2D eigenvalue weighted by atomic mass is 9.77. The molecule has 0 heterocycles. The number of fused-ring (bicyclic) bond motifs is 3. The highest BCUT2D eigenvalue weighted by Gasteiger charge is 2.35. The third-order valence-corrected chi connectivity index (χ3v) is 10.3. The van der Waals surface area contributed by atoms with E-state index < -0.39 is 54.1 Å². The van der Waals surface area contributed by atoms with Crippen LogP contribution in [0.4, 0.5) is 62.8 Å². The third-order valence-electron chi connectivity index (χ3n) is 9.95. The van der Waals surface area contributed by atoms with Crippen molar-refractivity contribution in [2.24, 2.45) is 0 Å². The van der Waals surface area contributed by atoms with E-state index in [0.29, 0.717) is 10.9 Å². The summed E-state index contributed by atoms with van der Waals surface area (Å²) >= 11 is 0. The first-order valence-corrected chi connectivity index (χ1v) is 19.1. The van der Waals surface area contributed by atoms with Crippen molar-refractivity contribution in [1.82, 2.24) is 0 Å². The molecule has 8 aromatic rings. The predicted molar refractivity (Wildman–Crippen MR) is 220 cm³/mol. The van der Waals surface area contributed by atoms with Crippen LogP contribution in [-0.4, -0.2) is 25.4 Å². The quantitative estimate of drug-likeness (QED) is 0.0713. The summed E-state index contributed by atoms with van der Waals surface area (Å²) in [5, 5.41) is 2.81. The minimum absolute atomic E-state index is 0.0225. The molecule has 64 heavy (non-hydrogen) atoms. The van der Waals surface area contributed by atoms with Crippen molar-refractivity contribution in [3.05, 3.63) is 139 Å². The van der Waals surface area contributed by atoms with E-state index in [2.05, 4.69) is 23.5 Å². The second-order valence-electron chi connectivity index (χ2n) is 14.2. The van der Waals surface area contributed by atoms with Crippen LogP contribution in [-0.2, 0) is 0 Å². The summed E-state index contributed by atoms with van der Waals surface area (Å²) in [6.07, 6.45) is -20.3. The highest BCUT2D eigenvalue weighted by molar-refractivity contribution is 7.27. The lowest BCUT2D eigenvalue weighted by Gasteiger charge is -2.26. The molecule has 1 unspecified atom stereocenters. The predicted octanol–water partition coefficient (Wildman–Crippen LogP) is 15.1. The zero-order chi connectivity index (χ0) is 45.9. The van der Waals surface area contributed by atoms with Gasteiger partial charge in [0, 0.05) is 5.69 Å². The Kier molecular flexibility index (Phi) is 11.0. The SMILES string of the molecule is Fc1ccc(-c2c3cc(OC(F)(F)F)ccc3c(-c3ccc(NC(F)(F)F)cc3)c3c(-c4ccc(P)cc4)c4cc(OC(F)(F)F)ccc4c(-c4ccc(OC(F)(F)F)cc4)c23)cc1. The van der Waals surface area contributed by atoms with E-state index in [0.717, 1.165) is 60.7 Å². The maximum atomic E-state index is 14.7. The normalized spacial score (nSPS) is 12.5. The largest absolute Gasteiger partial charge is 0.573 e. The van der Waals surface area contributed by atoms with Crippen LogP contribution >= 0.6 is 9.24 Å². The maximum Gasteiger partial charge on any atom is 0.573 e. The first-order chi connectivity index (χ1) is 30.0. The summed E-state index contributed by atoms with van der Waals surface area (Å²) in [6, 6.07) is 27.3. The molecule has 0 aliphatic carbocycles. The van der Waals surface area contributed by atoms with Gasteiger partial charge < -0.3 is 14.2 Å². The molecule has 0 aromatic heterocycles. The molecule has 0 fully saturated rings. The number of nitrogens with one attached hydrogen (secondary N) is 1. The summed E-state index contributed by atoms with van der Waals surface area (Å²) in [5.41, 5.74) is 1.05. The minimum atomic E-state index is -5.20. The average molecular weight is 918 g/mol. The molecule has 0 saturated carbocycles. The number of anilines is 1. The highest BCUT2D eigenvalue weighted by atomic mass is 31.0. The molecule has 1 N–H and O–H groups in total. The Morgan fingerprint density at radius 1 is 0.375 bits per heavy atom.